The fraction of sp³-hybridized carbons (Fsp3) is 0.939. The lowest BCUT2D eigenvalue weighted by molar-refractivity contribution is -0.0573. The van der Waals surface area contributed by atoms with E-state index in [2.05, 4.69) is 40.7 Å². The second kappa shape index (κ2) is 15.0. The molecule has 4 aliphatic rings. The van der Waals surface area contributed by atoms with Crippen molar-refractivity contribution < 1.29 is 24.8 Å². The summed E-state index contributed by atoms with van der Waals surface area (Å²) >= 11 is 0. The second-order valence-electron chi connectivity index (χ2n) is 13.9. The van der Waals surface area contributed by atoms with Gasteiger partial charge >= 0.3 is 0 Å². The van der Waals surface area contributed by atoms with Gasteiger partial charge in [0.25, 0.3) is 0 Å². The third-order valence-corrected chi connectivity index (χ3v) is 11.1. The van der Waals surface area contributed by atoms with E-state index in [1.54, 1.807) is 5.57 Å². The molecule has 0 saturated heterocycles. The number of allylic oxidation sites excluding steroid dienone is 1. The van der Waals surface area contributed by atoms with Crippen LogP contribution in [0.2, 0.25) is 0 Å². The van der Waals surface area contributed by atoms with Crippen molar-refractivity contribution in [3.8, 4) is 0 Å². The molecule has 4 rings (SSSR count). The molecule has 38 heavy (non-hydrogen) atoms. The van der Waals surface area contributed by atoms with E-state index in [9.17, 15) is 5.11 Å². The predicted octanol–water partition coefficient (Wildman–Crippen LogP) is 6.39. The van der Waals surface area contributed by atoms with Crippen LogP contribution in [0.3, 0.4) is 0 Å². The Kier molecular flexibility index (Phi) is 12.6. The summed E-state index contributed by atoms with van der Waals surface area (Å²) < 4.78 is 9.75. The minimum atomic E-state index is -0.0766. The molecule has 0 spiro atoms. The Morgan fingerprint density at radius 2 is 1.55 bits per heavy atom. The average Bonchev–Trinajstić information content (AvgIpc) is 3.24. The van der Waals surface area contributed by atoms with Crippen LogP contribution < -0.4 is 0 Å². The monoisotopic (exact) mass is 536 g/mol. The Labute approximate surface area is 233 Å². The van der Waals surface area contributed by atoms with Crippen molar-refractivity contribution >= 4 is 0 Å². The van der Waals surface area contributed by atoms with Gasteiger partial charge in [0, 0.05) is 0 Å². The molecule has 5 nitrogen and oxygen atoms in total. The number of aliphatic hydroxyl groups is 3. The zero-order valence-electron chi connectivity index (χ0n) is 25.3. The van der Waals surface area contributed by atoms with Crippen LogP contribution in [0.4, 0.5) is 0 Å². The van der Waals surface area contributed by atoms with Gasteiger partial charge in [-0.3, -0.25) is 0 Å². The summed E-state index contributed by atoms with van der Waals surface area (Å²) in [6.45, 7) is 14.3. The van der Waals surface area contributed by atoms with Crippen molar-refractivity contribution in [3.05, 3.63) is 11.6 Å². The normalized spacial score (nSPS) is 37.0. The molecule has 1 unspecified atom stereocenters. The van der Waals surface area contributed by atoms with E-state index in [0.717, 1.165) is 48.3 Å². The smallest absolute Gasteiger partial charge is 0.0701 e. The molecule has 0 aromatic rings. The maximum Gasteiger partial charge on any atom is 0.0701 e. The summed E-state index contributed by atoms with van der Waals surface area (Å²) in [5, 5.41) is 26.7. The molecular weight excluding hydrogens is 476 g/mol. The van der Waals surface area contributed by atoms with Crippen molar-refractivity contribution in [2.24, 2.45) is 46.3 Å². The first-order valence-electron chi connectivity index (χ1n) is 15.9. The van der Waals surface area contributed by atoms with Gasteiger partial charge in [-0.15, -0.1) is 0 Å². The van der Waals surface area contributed by atoms with Crippen LogP contribution in [0.5, 0.6) is 0 Å². The molecule has 0 aromatic heterocycles. The summed E-state index contributed by atoms with van der Waals surface area (Å²) in [5.41, 5.74) is 2.60. The molecule has 3 fully saturated rings. The fourth-order valence-electron chi connectivity index (χ4n) is 9.12. The standard InChI is InChI=1S/C27H46O.C6H14O4/c1-18(2)7-6-8-19(3)23-11-12-24-22-10-9-20-17-21(28)13-15-26(20,4)25(22)14-16-27(23,24)5;7-1-3-9-5-6-10-4-2-8/h9,18-19,21-25,28H,6-8,10-17H2,1-5H3;7-8H,1-6H2/t19?,21-,22-,23+,24-,25-,26-,27+;/m0./s1. The summed E-state index contributed by atoms with van der Waals surface area (Å²) in [7, 11) is 0. The Morgan fingerprint density at radius 1 is 0.868 bits per heavy atom. The van der Waals surface area contributed by atoms with Gasteiger partial charge in [-0.1, -0.05) is 65.5 Å². The zero-order valence-corrected chi connectivity index (χ0v) is 25.3. The molecule has 0 amide bonds. The molecule has 0 bridgehead atoms. The maximum atomic E-state index is 10.2. The van der Waals surface area contributed by atoms with Gasteiger partial charge in [0.05, 0.1) is 45.7 Å². The number of fused-ring (bicyclic) bond motifs is 5. The highest BCUT2D eigenvalue weighted by molar-refractivity contribution is 5.25. The van der Waals surface area contributed by atoms with Gasteiger partial charge in [0.2, 0.25) is 0 Å². The first-order chi connectivity index (χ1) is 18.2. The summed E-state index contributed by atoms with van der Waals surface area (Å²) in [6.07, 6.45) is 17.2. The molecule has 0 radical (unpaired) electrons. The average molecular weight is 537 g/mol. The van der Waals surface area contributed by atoms with Crippen LogP contribution in [-0.2, 0) is 9.47 Å². The lowest BCUT2D eigenvalue weighted by atomic mass is 9.47. The molecule has 0 aliphatic heterocycles. The number of rotatable bonds is 12. The highest BCUT2D eigenvalue weighted by atomic mass is 16.5. The molecule has 0 heterocycles. The second-order valence-corrected chi connectivity index (χ2v) is 13.9. The van der Waals surface area contributed by atoms with Gasteiger partial charge in [0.15, 0.2) is 0 Å². The van der Waals surface area contributed by atoms with Gasteiger partial charge < -0.3 is 24.8 Å². The van der Waals surface area contributed by atoms with E-state index in [0.29, 0.717) is 37.3 Å². The summed E-state index contributed by atoms with van der Waals surface area (Å²) in [4.78, 5) is 0. The summed E-state index contributed by atoms with van der Waals surface area (Å²) in [6, 6.07) is 0. The quantitative estimate of drug-likeness (QED) is 0.199. The van der Waals surface area contributed by atoms with E-state index in [-0.39, 0.29) is 19.3 Å². The van der Waals surface area contributed by atoms with E-state index >= 15 is 0 Å². The van der Waals surface area contributed by atoms with E-state index in [4.69, 9.17) is 19.7 Å². The van der Waals surface area contributed by atoms with Crippen molar-refractivity contribution in [3.63, 3.8) is 0 Å². The van der Waals surface area contributed by atoms with Crippen LogP contribution in [0, 0.1) is 46.3 Å². The SMILES string of the molecule is CC(C)CCCC(C)[C@H]1CC[C@H]2[C@@H]3CC=C4C[C@@H](O)CC[C@]4(C)[C@H]3CC[C@]12C.OCCOCCOCCO. The lowest BCUT2D eigenvalue weighted by Crippen LogP contribution is -2.50. The highest BCUT2D eigenvalue weighted by Crippen LogP contribution is 2.67. The Hall–Kier alpha value is -0.460. The lowest BCUT2D eigenvalue weighted by Gasteiger charge is -2.58. The van der Waals surface area contributed by atoms with Gasteiger partial charge in [-0.25, -0.2) is 0 Å². The Balaban J connectivity index is 0.000000342. The minimum Gasteiger partial charge on any atom is -0.394 e. The highest BCUT2D eigenvalue weighted by Gasteiger charge is 2.59. The molecule has 5 heteroatoms. The van der Waals surface area contributed by atoms with E-state index in [1.165, 1.54) is 57.8 Å². The van der Waals surface area contributed by atoms with Gasteiger partial charge in [-0.2, -0.15) is 0 Å². The number of hydrogen-bond donors (Lipinski definition) is 3. The van der Waals surface area contributed by atoms with Crippen LogP contribution in [0.15, 0.2) is 11.6 Å². The van der Waals surface area contributed by atoms with Crippen molar-refractivity contribution in [2.75, 3.05) is 39.6 Å². The van der Waals surface area contributed by atoms with Crippen LogP contribution in [0.25, 0.3) is 0 Å². The van der Waals surface area contributed by atoms with E-state index < -0.39 is 0 Å². The van der Waals surface area contributed by atoms with Gasteiger partial charge in [-0.05, 0) is 97.7 Å². The molecule has 8 atom stereocenters. The third-order valence-electron chi connectivity index (χ3n) is 11.1. The molecule has 0 aromatic carbocycles. The largest absolute Gasteiger partial charge is 0.394 e. The first-order valence-corrected chi connectivity index (χ1v) is 15.9. The first kappa shape index (κ1) is 32.1. The third kappa shape index (κ3) is 7.63. The maximum absolute atomic E-state index is 10.2. The molecule has 4 aliphatic carbocycles. The number of hydrogen-bond acceptors (Lipinski definition) is 5. The van der Waals surface area contributed by atoms with Gasteiger partial charge in [0.1, 0.15) is 0 Å². The summed E-state index contributed by atoms with van der Waals surface area (Å²) in [5.74, 6) is 5.46. The predicted molar refractivity (Wildman–Crippen MR) is 155 cm³/mol. The molecule has 222 valence electrons. The molecule has 3 saturated carbocycles. The number of ether oxygens (including phenoxy) is 2. The van der Waals surface area contributed by atoms with Crippen molar-refractivity contribution in [1.82, 2.24) is 0 Å². The van der Waals surface area contributed by atoms with Crippen molar-refractivity contribution in [2.45, 2.75) is 111 Å². The van der Waals surface area contributed by atoms with Crippen LogP contribution >= 0.6 is 0 Å². The number of aliphatic hydroxyl groups excluding tert-OH is 3. The topological polar surface area (TPSA) is 79.2 Å². The Bertz CT molecular complexity index is 714. The minimum absolute atomic E-state index is 0.0417. The molecular formula is C33H60O5. The fourth-order valence-corrected chi connectivity index (χ4v) is 9.12. The van der Waals surface area contributed by atoms with E-state index in [1.807, 2.05) is 0 Å². The van der Waals surface area contributed by atoms with Crippen molar-refractivity contribution in [1.29, 1.82) is 0 Å². The van der Waals surface area contributed by atoms with Crippen LogP contribution in [0.1, 0.15) is 105 Å². The Morgan fingerprint density at radius 3 is 2.18 bits per heavy atom. The zero-order chi connectivity index (χ0) is 27.8. The molecule has 3 N–H and O–H groups in total. The van der Waals surface area contributed by atoms with Crippen LogP contribution in [-0.4, -0.2) is 61.1 Å².